The van der Waals surface area contributed by atoms with Crippen molar-refractivity contribution in [3.05, 3.63) is 28.8 Å². The van der Waals surface area contributed by atoms with Crippen molar-refractivity contribution < 1.29 is 8.42 Å². The van der Waals surface area contributed by atoms with E-state index in [9.17, 15) is 8.42 Å². The van der Waals surface area contributed by atoms with Crippen LogP contribution in [0.3, 0.4) is 0 Å². The third kappa shape index (κ3) is 3.65. The Morgan fingerprint density at radius 2 is 1.90 bits per heavy atom. The number of piperidine rings is 1. The summed E-state index contributed by atoms with van der Waals surface area (Å²) < 4.78 is 26.8. The van der Waals surface area contributed by atoms with E-state index in [1.54, 1.807) is 26.1 Å². The second kappa shape index (κ2) is 7.09. The summed E-state index contributed by atoms with van der Waals surface area (Å²) in [5.74, 6) is 0. The number of hydrogen-bond donors (Lipinski definition) is 1. The topological polar surface area (TPSA) is 49.4 Å². The lowest BCUT2D eigenvalue weighted by Crippen LogP contribution is -2.44. The molecule has 114 valence electrons. The van der Waals surface area contributed by atoms with Gasteiger partial charge in [0.05, 0.1) is 4.90 Å². The lowest BCUT2D eigenvalue weighted by Gasteiger charge is -2.31. The minimum absolute atomic E-state index is 0. The van der Waals surface area contributed by atoms with Crippen LogP contribution in [0, 0.1) is 6.92 Å². The highest BCUT2D eigenvalue weighted by Gasteiger charge is 2.30. The highest BCUT2D eigenvalue weighted by atomic mass is 35.5. The molecule has 0 aliphatic carbocycles. The van der Waals surface area contributed by atoms with Crippen LogP contribution in [0.4, 0.5) is 0 Å². The molecule has 0 aromatic heterocycles. The lowest BCUT2D eigenvalue weighted by atomic mass is 10.1. The second-order valence-electron chi connectivity index (χ2n) is 4.91. The third-order valence-electron chi connectivity index (χ3n) is 3.63. The van der Waals surface area contributed by atoms with E-state index in [2.05, 4.69) is 5.32 Å². The quantitative estimate of drug-likeness (QED) is 0.920. The molecule has 7 heteroatoms. The van der Waals surface area contributed by atoms with Gasteiger partial charge in [0.1, 0.15) is 0 Å². The van der Waals surface area contributed by atoms with Gasteiger partial charge in [-0.2, -0.15) is 4.31 Å². The molecule has 0 amide bonds. The van der Waals surface area contributed by atoms with Crippen molar-refractivity contribution in [2.24, 2.45) is 0 Å². The van der Waals surface area contributed by atoms with Crippen LogP contribution in [0.5, 0.6) is 0 Å². The van der Waals surface area contributed by atoms with Gasteiger partial charge in [-0.1, -0.05) is 17.7 Å². The molecule has 1 N–H and O–H groups in total. The monoisotopic (exact) mass is 338 g/mol. The summed E-state index contributed by atoms with van der Waals surface area (Å²) in [4.78, 5) is 0.307. The molecule has 1 saturated heterocycles. The molecule has 1 heterocycles. The first-order chi connectivity index (χ1) is 8.93. The van der Waals surface area contributed by atoms with Gasteiger partial charge in [0.2, 0.25) is 10.0 Å². The van der Waals surface area contributed by atoms with Gasteiger partial charge < -0.3 is 5.32 Å². The Morgan fingerprint density at radius 1 is 1.30 bits per heavy atom. The zero-order valence-electron chi connectivity index (χ0n) is 11.6. The summed E-state index contributed by atoms with van der Waals surface area (Å²) in [5.41, 5.74) is 0.727. The van der Waals surface area contributed by atoms with Gasteiger partial charge in [0.25, 0.3) is 0 Å². The first kappa shape index (κ1) is 17.7. The van der Waals surface area contributed by atoms with Gasteiger partial charge in [-0.25, -0.2) is 8.42 Å². The maximum absolute atomic E-state index is 12.7. The van der Waals surface area contributed by atoms with E-state index in [1.165, 1.54) is 10.4 Å². The van der Waals surface area contributed by atoms with Gasteiger partial charge in [0.15, 0.2) is 0 Å². The summed E-state index contributed by atoms with van der Waals surface area (Å²) in [6, 6.07) is 5.04. The van der Waals surface area contributed by atoms with Crippen molar-refractivity contribution in [3.63, 3.8) is 0 Å². The fourth-order valence-corrected chi connectivity index (χ4v) is 4.27. The number of aryl methyl sites for hydroxylation is 1. The molecule has 20 heavy (non-hydrogen) atoms. The minimum atomic E-state index is -3.47. The van der Waals surface area contributed by atoms with Crippen LogP contribution in [0.15, 0.2) is 23.1 Å². The van der Waals surface area contributed by atoms with Crippen molar-refractivity contribution in [1.29, 1.82) is 0 Å². The van der Waals surface area contributed by atoms with E-state index in [1.807, 2.05) is 0 Å². The molecule has 1 aromatic rings. The van der Waals surface area contributed by atoms with Crippen molar-refractivity contribution >= 4 is 34.0 Å². The molecule has 2 rings (SSSR count). The molecule has 0 spiro atoms. The van der Waals surface area contributed by atoms with Crippen molar-refractivity contribution in [2.45, 2.75) is 30.7 Å². The van der Waals surface area contributed by atoms with Gasteiger partial charge in [-0.05, 0) is 50.6 Å². The summed E-state index contributed by atoms with van der Waals surface area (Å²) in [5, 5.41) is 3.69. The van der Waals surface area contributed by atoms with Gasteiger partial charge in [-0.3, -0.25) is 0 Å². The molecule has 1 fully saturated rings. The van der Waals surface area contributed by atoms with Crippen LogP contribution in [0.2, 0.25) is 5.02 Å². The molecule has 0 radical (unpaired) electrons. The first-order valence-electron chi connectivity index (χ1n) is 6.38. The number of benzene rings is 1. The summed E-state index contributed by atoms with van der Waals surface area (Å²) >= 11 is 5.92. The Kier molecular flexibility index (Phi) is 6.28. The average Bonchev–Trinajstić information content (AvgIpc) is 2.41. The van der Waals surface area contributed by atoms with Crippen LogP contribution in [-0.2, 0) is 10.0 Å². The molecular formula is C13H20Cl2N2O2S. The van der Waals surface area contributed by atoms with Crippen LogP contribution in [0.25, 0.3) is 0 Å². The average molecular weight is 339 g/mol. The Bertz CT molecular complexity index is 557. The SMILES string of the molecule is Cc1ccc(Cl)cc1S(=O)(=O)N(C)C1CCNCC1.Cl. The summed E-state index contributed by atoms with van der Waals surface area (Å²) in [6.07, 6.45) is 1.69. The molecule has 0 saturated carbocycles. The normalized spacial score (nSPS) is 17.0. The standard InChI is InChI=1S/C13H19ClN2O2S.ClH/c1-10-3-4-11(14)9-13(10)19(17,18)16(2)12-5-7-15-8-6-12;/h3-4,9,12,15H,5-8H2,1-2H3;1H. The number of sulfonamides is 1. The number of hydrogen-bond acceptors (Lipinski definition) is 3. The van der Waals surface area contributed by atoms with E-state index in [0.29, 0.717) is 9.92 Å². The zero-order chi connectivity index (χ0) is 14.0. The maximum Gasteiger partial charge on any atom is 0.243 e. The van der Waals surface area contributed by atoms with Crippen LogP contribution < -0.4 is 5.32 Å². The molecular weight excluding hydrogens is 319 g/mol. The van der Waals surface area contributed by atoms with Crippen LogP contribution in [0.1, 0.15) is 18.4 Å². The summed E-state index contributed by atoms with van der Waals surface area (Å²) in [7, 11) is -1.81. The van der Waals surface area contributed by atoms with Crippen LogP contribution >= 0.6 is 24.0 Å². The van der Waals surface area contributed by atoms with Crippen molar-refractivity contribution in [3.8, 4) is 0 Å². The molecule has 1 aliphatic heterocycles. The Balaban J connectivity index is 0.00000200. The maximum atomic E-state index is 12.7. The van der Waals surface area contributed by atoms with E-state index in [0.717, 1.165) is 31.5 Å². The molecule has 4 nitrogen and oxygen atoms in total. The number of halogens is 2. The van der Waals surface area contributed by atoms with E-state index in [-0.39, 0.29) is 18.4 Å². The Labute approximate surface area is 132 Å². The van der Waals surface area contributed by atoms with E-state index >= 15 is 0 Å². The van der Waals surface area contributed by atoms with Gasteiger partial charge >= 0.3 is 0 Å². The number of rotatable bonds is 3. The minimum Gasteiger partial charge on any atom is -0.317 e. The number of nitrogens with one attached hydrogen (secondary N) is 1. The smallest absolute Gasteiger partial charge is 0.243 e. The third-order valence-corrected chi connectivity index (χ3v) is 5.92. The highest BCUT2D eigenvalue weighted by molar-refractivity contribution is 7.89. The van der Waals surface area contributed by atoms with Gasteiger partial charge in [-0.15, -0.1) is 12.4 Å². The Morgan fingerprint density at radius 3 is 2.50 bits per heavy atom. The highest BCUT2D eigenvalue weighted by Crippen LogP contribution is 2.25. The lowest BCUT2D eigenvalue weighted by molar-refractivity contribution is 0.296. The molecule has 0 unspecified atom stereocenters. The van der Waals surface area contributed by atoms with E-state index in [4.69, 9.17) is 11.6 Å². The molecule has 1 aliphatic rings. The number of nitrogens with zero attached hydrogens (tertiary/aromatic N) is 1. The van der Waals surface area contributed by atoms with Crippen molar-refractivity contribution in [1.82, 2.24) is 9.62 Å². The van der Waals surface area contributed by atoms with E-state index < -0.39 is 10.0 Å². The first-order valence-corrected chi connectivity index (χ1v) is 8.19. The summed E-state index contributed by atoms with van der Waals surface area (Å²) in [6.45, 7) is 3.51. The second-order valence-corrected chi connectivity index (χ2v) is 7.31. The Hall–Kier alpha value is -0.330. The zero-order valence-corrected chi connectivity index (χ0v) is 14.0. The van der Waals surface area contributed by atoms with Gasteiger partial charge in [0, 0.05) is 18.1 Å². The molecule has 0 atom stereocenters. The fraction of sp³-hybridized carbons (Fsp3) is 0.538. The molecule has 0 bridgehead atoms. The predicted octanol–water partition coefficient (Wildman–Crippen LogP) is 2.44. The molecule has 1 aromatic carbocycles. The van der Waals surface area contributed by atoms with Crippen molar-refractivity contribution in [2.75, 3.05) is 20.1 Å². The fourth-order valence-electron chi connectivity index (χ4n) is 2.37. The van der Waals surface area contributed by atoms with Crippen LogP contribution in [-0.4, -0.2) is 38.9 Å². The largest absolute Gasteiger partial charge is 0.317 e. The predicted molar refractivity (Wildman–Crippen MR) is 84.3 cm³/mol.